The van der Waals surface area contributed by atoms with E-state index in [4.69, 9.17) is 15.2 Å². The van der Waals surface area contributed by atoms with E-state index in [1.54, 1.807) is 14.2 Å². The van der Waals surface area contributed by atoms with Gasteiger partial charge in [0.2, 0.25) is 0 Å². The molecular weight excluding hydrogens is 334 g/mol. The first kappa shape index (κ1) is 13.8. The minimum atomic E-state index is 0.554. The highest BCUT2D eigenvalue weighted by Gasteiger charge is 2.18. The van der Waals surface area contributed by atoms with Gasteiger partial charge in [-0.3, -0.25) is 4.40 Å². The van der Waals surface area contributed by atoms with Crippen LogP contribution in [0.3, 0.4) is 0 Å². The van der Waals surface area contributed by atoms with E-state index in [2.05, 4.69) is 20.9 Å². The monoisotopic (exact) mass is 347 g/mol. The molecule has 0 unspecified atom stereocenters. The van der Waals surface area contributed by atoms with E-state index in [9.17, 15) is 0 Å². The summed E-state index contributed by atoms with van der Waals surface area (Å²) < 4.78 is 13.5. The van der Waals surface area contributed by atoms with E-state index < -0.39 is 0 Å². The fourth-order valence-corrected chi connectivity index (χ4v) is 2.65. The third kappa shape index (κ3) is 2.21. The molecule has 2 N–H and O–H groups in total. The number of benzene rings is 1. The smallest absolute Gasteiger partial charge is 0.170 e. The SMILES string of the molecule is COc1cccc(-c2nc3ccc(Br)cn3c2N)c1OC. The first-order valence-corrected chi connectivity index (χ1v) is 7.09. The molecule has 1 aromatic carbocycles. The summed E-state index contributed by atoms with van der Waals surface area (Å²) >= 11 is 3.43. The van der Waals surface area contributed by atoms with Gasteiger partial charge in [0.05, 0.1) is 14.2 Å². The molecule has 0 spiro atoms. The van der Waals surface area contributed by atoms with Crippen molar-refractivity contribution in [3.63, 3.8) is 0 Å². The summed E-state index contributed by atoms with van der Waals surface area (Å²) in [5.41, 5.74) is 8.48. The van der Waals surface area contributed by atoms with E-state index in [-0.39, 0.29) is 0 Å². The van der Waals surface area contributed by atoms with Crippen molar-refractivity contribution in [1.29, 1.82) is 0 Å². The fraction of sp³-hybridized carbons (Fsp3) is 0.133. The Morgan fingerprint density at radius 3 is 2.67 bits per heavy atom. The van der Waals surface area contributed by atoms with Crippen LogP contribution in [0, 0.1) is 0 Å². The average molecular weight is 348 g/mol. The van der Waals surface area contributed by atoms with E-state index in [0.717, 1.165) is 15.7 Å². The highest BCUT2D eigenvalue weighted by Crippen LogP contribution is 2.39. The van der Waals surface area contributed by atoms with Crippen LogP contribution >= 0.6 is 15.9 Å². The third-order valence-electron chi connectivity index (χ3n) is 3.28. The number of anilines is 1. The van der Waals surface area contributed by atoms with Crippen molar-refractivity contribution in [1.82, 2.24) is 9.38 Å². The summed E-state index contributed by atoms with van der Waals surface area (Å²) in [6.07, 6.45) is 1.88. The number of nitrogens with two attached hydrogens (primary N) is 1. The normalized spacial score (nSPS) is 10.8. The number of halogens is 1. The van der Waals surface area contributed by atoms with Crippen molar-refractivity contribution < 1.29 is 9.47 Å². The van der Waals surface area contributed by atoms with Crippen molar-refractivity contribution in [3.8, 4) is 22.8 Å². The number of nitrogen functional groups attached to an aromatic ring is 1. The molecule has 3 rings (SSSR count). The fourth-order valence-electron chi connectivity index (χ4n) is 2.31. The Balaban J connectivity index is 2.28. The third-order valence-corrected chi connectivity index (χ3v) is 3.75. The molecular formula is C15H14BrN3O2. The number of hydrogen-bond acceptors (Lipinski definition) is 4. The van der Waals surface area contributed by atoms with Crippen LogP contribution in [0.25, 0.3) is 16.9 Å². The lowest BCUT2D eigenvalue weighted by Crippen LogP contribution is -1.97. The Morgan fingerprint density at radius 2 is 1.95 bits per heavy atom. The van der Waals surface area contributed by atoms with Gasteiger partial charge >= 0.3 is 0 Å². The molecule has 0 bridgehead atoms. The van der Waals surface area contributed by atoms with Gasteiger partial charge in [0.15, 0.2) is 11.5 Å². The number of nitrogens with zero attached hydrogens (tertiary/aromatic N) is 2. The maximum atomic E-state index is 6.24. The lowest BCUT2D eigenvalue weighted by atomic mass is 10.1. The molecule has 0 atom stereocenters. The average Bonchev–Trinajstić information content (AvgIpc) is 2.83. The minimum absolute atomic E-state index is 0.554. The number of imidazole rings is 1. The van der Waals surface area contributed by atoms with E-state index in [0.29, 0.717) is 23.0 Å². The summed E-state index contributed by atoms with van der Waals surface area (Å²) in [7, 11) is 3.20. The predicted molar refractivity (Wildman–Crippen MR) is 85.8 cm³/mol. The summed E-state index contributed by atoms with van der Waals surface area (Å²) in [6, 6.07) is 9.46. The molecule has 2 heterocycles. The number of aromatic nitrogens is 2. The second-order valence-electron chi connectivity index (χ2n) is 4.46. The molecule has 0 aliphatic carbocycles. The molecule has 0 radical (unpaired) electrons. The first-order chi connectivity index (χ1) is 10.2. The van der Waals surface area contributed by atoms with Crippen molar-refractivity contribution in [2.75, 3.05) is 20.0 Å². The summed E-state index contributed by atoms with van der Waals surface area (Å²) in [4.78, 5) is 4.59. The molecule has 0 fully saturated rings. The lowest BCUT2D eigenvalue weighted by molar-refractivity contribution is 0.356. The number of methoxy groups -OCH3 is 2. The second-order valence-corrected chi connectivity index (χ2v) is 5.38. The summed E-state index contributed by atoms with van der Waals surface area (Å²) in [5, 5.41) is 0. The van der Waals surface area contributed by atoms with Gasteiger partial charge in [-0.15, -0.1) is 0 Å². The number of pyridine rings is 1. The predicted octanol–water partition coefficient (Wildman–Crippen LogP) is 3.36. The molecule has 0 saturated carbocycles. The van der Waals surface area contributed by atoms with Crippen LogP contribution in [-0.4, -0.2) is 23.6 Å². The van der Waals surface area contributed by atoms with Crippen LogP contribution in [-0.2, 0) is 0 Å². The van der Waals surface area contributed by atoms with Gasteiger partial charge in [0.1, 0.15) is 17.2 Å². The van der Waals surface area contributed by atoms with E-state index in [1.807, 2.05) is 40.9 Å². The Kier molecular flexibility index (Phi) is 3.47. The number of fused-ring (bicyclic) bond motifs is 1. The molecule has 0 aliphatic heterocycles. The summed E-state index contributed by atoms with van der Waals surface area (Å²) in [5.74, 6) is 1.82. The van der Waals surface area contributed by atoms with E-state index >= 15 is 0 Å². The van der Waals surface area contributed by atoms with Crippen LogP contribution in [0.2, 0.25) is 0 Å². The minimum Gasteiger partial charge on any atom is -0.493 e. The molecule has 3 aromatic rings. The van der Waals surface area contributed by atoms with Crippen molar-refractivity contribution >= 4 is 27.4 Å². The van der Waals surface area contributed by atoms with Crippen LogP contribution in [0.4, 0.5) is 5.82 Å². The number of para-hydroxylation sites is 1. The molecule has 0 saturated heterocycles. The Morgan fingerprint density at radius 1 is 1.14 bits per heavy atom. The van der Waals surface area contributed by atoms with E-state index in [1.165, 1.54) is 0 Å². The highest BCUT2D eigenvalue weighted by atomic mass is 79.9. The molecule has 0 aliphatic rings. The van der Waals surface area contributed by atoms with Gasteiger partial charge in [-0.05, 0) is 40.2 Å². The van der Waals surface area contributed by atoms with Gasteiger partial charge in [-0.25, -0.2) is 4.98 Å². The standard InChI is InChI=1S/C15H14BrN3O2/c1-20-11-5-3-4-10(14(11)21-2)13-15(17)19-8-9(16)6-7-12(19)18-13/h3-8H,17H2,1-2H3. The molecule has 6 heteroatoms. The first-order valence-electron chi connectivity index (χ1n) is 6.30. The van der Waals surface area contributed by atoms with Crippen molar-refractivity contribution in [3.05, 3.63) is 41.0 Å². The maximum absolute atomic E-state index is 6.24. The Labute approximate surface area is 130 Å². The Hall–Kier alpha value is -2.21. The number of ether oxygens (including phenoxy) is 2. The quantitative estimate of drug-likeness (QED) is 0.788. The van der Waals surface area contributed by atoms with Gasteiger partial charge < -0.3 is 15.2 Å². The molecule has 21 heavy (non-hydrogen) atoms. The lowest BCUT2D eigenvalue weighted by Gasteiger charge is -2.11. The Bertz CT molecular complexity index is 814. The van der Waals surface area contributed by atoms with Crippen molar-refractivity contribution in [2.24, 2.45) is 0 Å². The van der Waals surface area contributed by atoms with Crippen LogP contribution in [0.15, 0.2) is 41.0 Å². The molecule has 5 nitrogen and oxygen atoms in total. The molecule has 2 aromatic heterocycles. The largest absolute Gasteiger partial charge is 0.493 e. The highest BCUT2D eigenvalue weighted by molar-refractivity contribution is 9.10. The molecule has 108 valence electrons. The zero-order chi connectivity index (χ0) is 15.0. The van der Waals surface area contributed by atoms with Gasteiger partial charge in [0, 0.05) is 16.2 Å². The zero-order valence-electron chi connectivity index (χ0n) is 11.6. The van der Waals surface area contributed by atoms with Gasteiger partial charge in [-0.2, -0.15) is 0 Å². The topological polar surface area (TPSA) is 61.8 Å². The summed E-state index contributed by atoms with van der Waals surface area (Å²) in [6.45, 7) is 0. The van der Waals surface area contributed by atoms with Crippen LogP contribution in [0.5, 0.6) is 11.5 Å². The second kappa shape index (κ2) is 5.29. The zero-order valence-corrected chi connectivity index (χ0v) is 13.2. The number of rotatable bonds is 3. The van der Waals surface area contributed by atoms with Gasteiger partial charge in [0.25, 0.3) is 0 Å². The van der Waals surface area contributed by atoms with Crippen LogP contribution < -0.4 is 15.2 Å². The number of hydrogen-bond donors (Lipinski definition) is 1. The van der Waals surface area contributed by atoms with Crippen LogP contribution in [0.1, 0.15) is 0 Å². The maximum Gasteiger partial charge on any atom is 0.170 e. The van der Waals surface area contributed by atoms with Gasteiger partial charge in [-0.1, -0.05) is 6.07 Å². The van der Waals surface area contributed by atoms with Crippen molar-refractivity contribution in [2.45, 2.75) is 0 Å². The molecule has 0 amide bonds.